The Kier molecular flexibility index (Phi) is 10.3. The molecule has 3 aromatic carbocycles. The molecule has 0 bridgehead atoms. The van der Waals surface area contributed by atoms with Crippen molar-refractivity contribution >= 4 is 34.4 Å². The zero-order valence-electron chi connectivity index (χ0n) is 24.7. The number of anilines is 1. The summed E-state index contributed by atoms with van der Waals surface area (Å²) in [6.45, 7) is 13.2. The van der Waals surface area contributed by atoms with Crippen molar-refractivity contribution in [2.24, 2.45) is 5.92 Å². The van der Waals surface area contributed by atoms with E-state index in [2.05, 4.69) is 10.6 Å². The van der Waals surface area contributed by atoms with Gasteiger partial charge in [0, 0.05) is 11.7 Å². The molecule has 3 atom stereocenters. The molecule has 0 saturated heterocycles. The third-order valence-electron chi connectivity index (χ3n) is 6.68. The predicted molar refractivity (Wildman–Crippen MR) is 161 cm³/mol. The summed E-state index contributed by atoms with van der Waals surface area (Å²) >= 11 is 0. The summed E-state index contributed by atoms with van der Waals surface area (Å²) in [5.74, 6) is -0.531. The van der Waals surface area contributed by atoms with Gasteiger partial charge in [0.1, 0.15) is 17.7 Å². The van der Waals surface area contributed by atoms with Gasteiger partial charge in [0.2, 0.25) is 5.91 Å². The largest absolute Gasteiger partial charge is 0.444 e. The van der Waals surface area contributed by atoms with Crippen LogP contribution in [0.1, 0.15) is 72.9 Å². The molecule has 0 saturated carbocycles. The van der Waals surface area contributed by atoms with E-state index in [1.165, 1.54) is 0 Å². The second kappa shape index (κ2) is 13.5. The van der Waals surface area contributed by atoms with Crippen LogP contribution in [-0.2, 0) is 14.3 Å². The Hall–Kier alpha value is -3.87. The molecule has 0 spiro atoms. The quantitative estimate of drug-likeness (QED) is 0.285. The lowest BCUT2D eigenvalue weighted by Crippen LogP contribution is -2.55. The van der Waals surface area contributed by atoms with Crippen LogP contribution in [0, 0.1) is 5.92 Å². The zero-order chi connectivity index (χ0) is 29.4. The number of benzene rings is 3. The number of rotatable bonds is 10. The molecule has 214 valence electrons. The van der Waals surface area contributed by atoms with E-state index in [9.17, 15) is 14.4 Å². The van der Waals surface area contributed by atoms with Crippen LogP contribution in [0.15, 0.2) is 72.8 Å². The summed E-state index contributed by atoms with van der Waals surface area (Å²) in [6, 6.07) is 20.9. The Morgan fingerprint density at radius 1 is 0.875 bits per heavy atom. The van der Waals surface area contributed by atoms with Crippen LogP contribution in [0.5, 0.6) is 0 Å². The average Bonchev–Trinajstić information content (AvgIpc) is 2.89. The number of amides is 3. The average molecular weight is 546 g/mol. The minimum absolute atomic E-state index is 0.115. The number of hydrogen-bond acceptors (Lipinski definition) is 4. The first-order chi connectivity index (χ1) is 18.9. The van der Waals surface area contributed by atoms with E-state index >= 15 is 0 Å². The molecule has 3 rings (SSSR count). The van der Waals surface area contributed by atoms with Gasteiger partial charge in [0.05, 0.1) is 0 Å². The van der Waals surface area contributed by atoms with Crippen molar-refractivity contribution < 1.29 is 19.1 Å². The summed E-state index contributed by atoms with van der Waals surface area (Å²) in [7, 11) is 0. The molecule has 40 heavy (non-hydrogen) atoms. The van der Waals surface area contributed by atoms with E-state index in [1.807, 2.05) is 100 Å². The standard InChI is InChI=1S/C33H43N3O4/c1-8-23(4)36(31(38)28(20-22(2)3)35-32(39)40-33(5,6)7)29(25-15-10-9-11-16-25)30(37)34-27-19-18-24-14-12-13-17-26(24)21-27/h9-19,21-23,28-29H,8,20H2,1-7H3,(H,34,37)(H,35,39). The number of alkyl carbamates (subject to hydrolysis) is 1. The van der Waals surface area contributed by atoms with E-state index in [0.717, 1.165) is 10.8 Å². The number of nitrogens with one attached hydrogen (secondary N) is 2. The van der Waals surface area contributed by atoms with Gasteiger partial charge in [0.15, 0.2) is 0 Å². The first-order valence-corrected chi connectivity index (χ1v) is 14.1. The molecule has 3 amide bonds. The third kappa shape index (κ3) is 8.31. The minimum Gasteiger partial charge on any atom is -0.444 e. The van der Waals surface area contributed by atoms with E-state index in [4.69, 9.17) is 4.74 Å². The summed E-state index contributed by atoms with van der Waals surface area (Å²) < 4.78 is 5.47. The van der Waals surface area contributed by atoms with Gasteiger partial charge in [-0.15, -0.1) is 0 Å². The Bertz CT molecular complexity index is 1300. The molecule has 0 aliphatic rings. The highest BCUT2D eigenvalue weighted by Gasteiger charge is 2.38. The smallest absolute Gasteiger partial charge is 0.408 e. The second-order valence-electron chi connectivity index (χ2n) is 11.7. The lowest BCUT2D eigenvalue weighted by Gasteiger charge is -2.38. The summed E-state index contributed by atoms with van der Waals surface area (Å²) in [5.41, 5.74) is 0.625. The number of ether oxygens (including phenoxy) is 1. The topological polar surface area (TPSA) is 87.7 Å². The molecule has 0 heterocycles. The lowest BCUT2D eigenvalue weighted by atomic mass is 9.97. The van der Waals surface area contributed by atoms with Gasteiger partial charge in [-0.1, -0.05) is 81.4 Å². The first kappa shape index (κ1) is 30.7. The van der Waals surface area contributed by atoms with Crippen LogP contribution < -0.4 is 10.6 Å². The van der Waals surface area contributed by atoms with Crippen molar-refractivity contribution in [3.05, 3.63) is 78.4 Å². The monoisotopic (exact) mass is 545 g/mol. The van der Waals surface area contributed by atoms with Crippen LogP contribution in [0.2, 0.25) is 0 Å². The SMILES string of the molecule is CCC(C)N(C(=O)C(CC(C)C)NC(=O)OC(C)(C)C)C(C(=O)Nc1ccc2ccccc2c1)c1ccccc1. The van der Waals surface area contributed by atoms with Gasteiger partial charge in [-0.2, -0.15) is 0 Å². The first-order valence-electron chi connectivity index (χ1n) is 14.1. The van der Waals surface area contributed by atoms with E-state index in [-0.39, 0.29) is 23.8 Å². The summed E-state index contributed by atoms with van der Waals surface area (Å²) in [5, 5.41) is 7.92. The molecule has 7 nitrogen and oxygen atoms in total. The Labute approximate surface area is 238 Å². The van der Waals surface area contributed by atoms with Gasteiger partial charge >= 0.3 is 6.09 Å². The van der Waals surface area contributed by atoms with E-state index in [1.54, 1.807) is 25.7 Å². The fraction of sp³-hybridized carbons (Fsp3) is 0.424. The number of nitrogens with zero attached hydrogens (tertiary/aromatic N) is 1. The Morgan fingerprint density at radius 2 is 1.50 bits per heavy atom. The summed E-state index contributed by atoms with van der Waals surface area (Å²) in [4.78, 5) is 42.7. The van der Waals surface area contributed by atoms with E-state index < -0.39 is 23.8 Å². The number of carbonyl (C=O) groups excluding carboxylic acids is 3. The molecule has 3 unspecified atom stereocenters. The summed E-state index contributed by atoms with van der Waals surface area (Å²) in [6.07, 6.45) is 0.366. The zero-order valence-corrected chi connectivity index (χ0v) is 24.7. The third-order valence-corrected chi connectivity index (χ3v) is 6.68. The molecule has 0 aromatic heterocycles. The maximum Gasteiger partial charge on any atom is 0.408 e. The molecule has 7 heteroatoms. The normalized spacial score (nSPS) is 13.8. The van der Waals surface area contributed by atoms with E-state index in [0.29, 0.717) is 24.1 Å². The highest BCUT2D eigenvalue weighted by molar-refractivity contribution is 6.00. The maximum absolute atomic E-state index is 14.3. The molecule has 2 N–H and O–H groups in total. The molecule has 0 aliphatic carbocycles. The van der Waals surface area contributed by atoms with Gasteiger partial charge in [0.25, 0.3) is 5.91 Å². The fourth-order valence-electron chi connectivity index (χ4n) is 4.67. The highest BCUT2D eigenvalue weighted by Crippen LogP contribution is 2.29. The molecular formula is C33H43N3O4. The minimum atomic E-state index is -0.912. The van der Waals surface area contributed by atoms with Crippen molar-refractivity contribution in [3.63, 3.8) is 0 Å². The molecule has 0 fully saturated rings. The van der Waals surface area contributed by atoms with Gasteiger partial charge in [-0.05, 0) is 74.9 Å². The number of hydrogen-bond donors (Lipinski definition) is 2. The Balaban J connectivity index is 2.01. The van der Waals surface area contributed by atoms with Crippen LogP contribution in [0.25, 0.3) is 10.8 Å². The van der Waals surface area contributed by atoms with Crippen LogP contribution in [0.4, 0.5) is 10.5 Å². The van der Waals surface area contributed by atoms with Crippen LogP contribution in [0.3, 0.4) is 0 Å². The second-order valence-corrected chi connectivity index (χ2v) is 11.7. The fourth-order valence-corrected chi connectivity index (χ4v) is 4.67. The highest BCUT2D eigenvalue weighted by atomic mass is 16.6. The lowest BCUT2D eigenvalue weighted by molar-refractivity contribution is -0.143. The van der Waals surface area contributed by atoms with Crippen LogP contribution in [-0.4, -0.2) is 40.5 Å². The van der Waals surface area contributed by atoms with Crippen LogP contribution >= 0.6 is 0 Å². The molecule has 0 aliphatic heterocycles. The van der Waals surface area contributed by atoms with Crippen molar-refractivity contribution in [3.8, 4) is 0 Å². The van der Waals surface area contributed by atoms with Crippen molar-refractivity contribution in [1.29, 1.82) is 0 Å². The van der Waals surface area contributed by atoms with Crippen molar-refractivity contribution in [2.45, 2.75) is 85.0 Å². The maximum atomic E-state index is 14.3. The predicted octanol–water partition coefficient (Wildman–Crippen LogP) is 7.09. The van der Waals surface area contributed by atoms with Gasteiger partial charge in [-0.3, -0.25) is 9.59 Å². The Morgan fingerprint density at radius 3 is 2.10 bits per heavy atom. The van der Waals surface area contributed by atoms with Crippen molar-refractivity contribution in [1.82, 2.24) is 10.2 Å². The number of carbonyl (C=O) groups is 3. The molecular weight excluding hydrogens is 502 g/mol. The molecule has 3 aromatic rings. The van der Waals surface area contributed by atoms with Gasteiger partial charge in [-0.25, -0.2) is 4.79 Å². The molecule has 0 radical (unpaired) electrons. The van der Waals surface area contributed by atoms with Crippen molar-refractivity contribution in [2.75, 3.05) is 5.32 Å². The number of fused-ring (bicyclic) bond motifs is 1. The van der Waals surface area contributed by atoms with Gasteiger partial charge < -0.3 is 20.3 Å².